The van der Waals surface area contributed by atoms with Crippen LogP contribution in [0.3, 0.4) is 0 Å². The number of hydrogen-bond acceptors (Lipinski definition) is 2. The van der Waals surface area contributed by atoms with E-state index >= 15 is 0 Å². The van der Waals surface area contributed by atoms with Gasteiger partial charge < -0.3 is 10.2 Å². The molecule has 4 heteroatoms. The van der Waals surface area contributed by atoms with Crippen LogP contribution in [0.2, 0.25) is 5.02 Å². The molecule has 1 amide bonds. The van der Waals surface area contributed by atoms with Crippen LogP contribution in [0.15, 0.2) is 24.3 Å². The molecule has 21 heavy (non-hydrogen) atoms. The van der Waals surface area contributed by atoms with Crippen LogP contribution in [0.4, 0.5) is 0 Å². The van der Waals surface area contributed by atoms with Gasteiger partial charge in [0.25, 0.3) is 0 Å². The summed E-state index contributed by atoms with van der Waals surface area (Å²) in [5.74, 6) is 0.140. The third-order valence-electron chi connectivity index (χ3n) is 3.38. The molecule has 0 spiro atoms. The highest BCUT2D eigenvalue weighted by Crippen LogP contribution is 2.09. The van der Waals surface area contributed by atoms with E-state index in [0.29, 0.717) is 13.0 Å². The van der Waals surface area contributed by atoms with Gasteiger partial charge >= 0.3 is 0 Å². The Kier molecular flexibility index (Phi) is 9.11. The lowest BCUT2D eigenvalue weighted by Gasteiger charge is -2.20. The Labute approximate surface area is 133 Å². The zero-order valence-electron chi connectivity index (χ0n) is 13.2. The molecule has 0 atom stereocenters. The van der Waals surface area contributed by atoms with Gasteiger partial charge in [-0.15, -0.1) is 0 Å². The maximum absolute atomic E-state index is 11.8. The molecule has 0 aliphatic rings. The lowest BCUT2D eigenvalue weighted by atomic mass is 10.1. The van der Waals surface area contributed by atoms with E-state index in [4.69, 9.17) is 11.6 Å². The molecule has 0 heterocycles. The number of nitrogens with zero attached hydrogens (tertiary/aromatic N) is 1. The second-order valence-corrected chi connectivity index (χ2v) is 5.75. The third-order valence-corrected chi connectivity index (χ3v) is 3.64. The molecule has 1 N–H and O–H groups in total. The summed E-state index contributed by atoms with van der Waals surface area (Å²) >= 11 is 5.84. The topological polar surface area (TPSA) is 32.3 Å². The number of carbonyl (C=O) groups is 1. The van der Waals surface area contributed by atoms with Crippen molar-refractivity contribution < 1.29 is 4.79 Å². The summed E-state index contributed by atoms with van der Waals surface area (Å²) in [6, 6.07) is 7.76. The molecular weight excluding hydrogens is 284 g/mol. The van der Waals surface area contributed by atoms with Gasteiger partial charge in [0.2, 0.25) is 5.91 Å². The summed E-state index contributed by atoms with van der Waals surface area (Å²) in [6.07, 6.45) is 3.70. The second-order valence-electron chi connectivity index (χ2n) is 5.32. The van der Waals surface area contributed by atoms with Gasteiger partial charge in [-0.1, -0.05) is 37.6 Å². The summed E-state index contributed by atoms with van der Waals surface area (Å²) in [6.45, 7) is 8.04. The highest BCUT2D eigenvalue weighted by atomic mass is 35.5. The average molecular weight is 311 g/mol. The van der Waals surface area contributed by atoms with Gasteiger partial charge in [-0.2, -0.15) is 0 Å². The van der Waals surface area contributed by atoms with E-state index in [1.54, 1.807) is 0 Å². The van der Waals surface area contributed by atoms with E-state index in [9.17, 15) is 4.79 Å². The van der Waals surface area contributed by atoms with Gasteiger partial charge in [0.15, 0.2) is 0 Å². The van der Waals surface area contributed by atoms with Crippen LogP contribution in [0.5, 0.6) is 0 Å². The number of carbonyl (C=O) groups excluding carboxylic acids is 1. The predicted molar refractivity (Wildman–Crippen MR) is 89.8 cm³/mol. The number of nitrogens with one attached hydrogen (secondary N) is 1. The van der Waals surface area contributed by atoms with Gasteiger partial charge in [-0.3, -0.25) is 4.79 Å². The molecule has 1 aromatic rings. The van der Waals surface area contributed by atoms with Crippen LogP contribution in [0.1, 0.15) is 38.7 Å². The van der Waals surface area contributed by atoms with Crippen molar-refractivity contribution in [3.8, 4) is 0 Å². The van der Waals surface area contributed by atoms with Crippen LogP contribution in [-0.4, -0.2) is 37.0 Å². The summed E-state index contributed by atoms with van der Waals surface area (Å²) < 4.78 is 0. The minimum atomic E-state index is 0.140. The fraction of sp³-hybridized carbons (Fsp3) is 0.588. The van der Waals surface area contributed by atoms with Crippen molar-refractivity contribution in [3.63, 3.8) is 0 Å². The lowest BCUT2D eigenvalue weighted by Crippen LogP contribution is -2.32. The van der Waals surface area contributed by atoms with Gasteiger partial charge in [-0.05, 0) is 50.0 Å². The molecule has 3 nitrogen and oxygen atoms in total. The van der Waals surface area contributed by atoms with E-state index in [2.05, 4.69) is 24.1 Å². The first-order chi connectivity index (χ1) is 10.2. The molecule has 0 saturated heterocycles. The molecule has 0 bridgehead atoms. The lowest BCUT2D eigenvalue weighted by molar-refractivity contribution is -0.121. The zero-order valence-corrected chi connectivity index (χ0v) is 14.0. The molecule has 1 aromatic carbocycles. The Morgan fingerprint density at radius 1 is 1.10 bits per heavy atom. The van der Waals surface area contributed by atoms with E-state index in [-0.39, 0.29) is 5.91 Å². The molecule has 0 aliphatic heterocycles. The van der Waals surface area contributed by atoms with Crippen molar-refractivity contribution in [1.82, 2.24) is 10.2 Å². The molecule has 0 aliphatic carbocycles. The summed E-state index contributed by atoms with van der Waals surface area (Å²) in [5, 5.41) is 3.73. The maximum Gasteiger partial charge on any atom is 0.221 e. The standard InChI is InChI=1S/C17H27ClN2O/c1-3-12-20(13-4-2)14-10-17(21)19-11-9-15-5-7-16(18)8-6-15/h5-8H,3-4,9-14H2,1-2H3,(H,19,21). The van der Waals surface area contributed by atoms with E-state index in [1.165, 1.54) is 5.56 Å². The quantitative estimate of drug-likeness (QED) is 0.717. The fourth-order valence-electron chi connectivity index (χ4n) is 2.31. The fourth-order valence-corrected chi connectivity index (χ4v) is 2.44. The van der Waals surface area contributed by atoms with Crippen LogP contribution < -0.4 is 5.32 Å². The van der Waals surface area contributed by atoms with Crippen molar-refractivity contribution in [2.24, 2.45) is 0 Å². The van der Waals surface area contributed by atoms with Crippen LogP contribution in [0, 0.1) is 0 Å². The van der Waals surface area contributed by atoms with Crippen LogP contribution in [-0.2, 0) is 11.2 Å². The van der Waals surface area contributed by atoms with Crippen molar-refractivity contribution in [1.29, 1.82) is 0 Å². The molecule has 0 saturated carbocycles. The number of halogens is 1. The molecule has 118 valence electrons. The molecule has 0 radical (unpaired) electrons. The number of amides is 1. The van der Waals surface area contributed by atoms with Crippen molar-refractivity contribution in [3.05, 3.63) is 34.9 Å². The first-order valence-corrected chi connectivity index (χ1v) is 8.27. The number of benzene rings is 1. The molecule has 0 unspecified atom stereocenters. The Morgan fingerprint density at radius 2 is 1.71 bits per heavy atom. The Bertz CT molecular complexity index is 400. The third kappa shape index (κ3) is 8.08. The number of rotatable bonds is 10. The van der Waals surface area contributed by atoms with Crippen molar-refractivity contribution in [2.45, 2.75) is 39.5 Å². The summed E-state index contributed by atoms with van der Waals surface area (Å²) in [7, 11) is 0. The SMILES string of the molecule is CCCN(CCC)CCC(=O)NCCc1ccc(Cl)cc1. The van der Waals surface area contributed by atoms with Gasteiger partial charge in [0.05, 0.1) is 0 Å². The summed E-state index contributed by atoms with van der Waals surface area (Å²) in [4.78, 5) is 14.2. The van der Waals surface area contributed by atoms with Crippen molar-refractivity contribution >= 4 is 17.5 Å². The molecule has 1 rings (SSSR count). The van der Waals surface area contributed by atoms with Gasteiger partial charge in [0, 0.05) is 24.5 Å². The maximum atomic E-state index is 11.8. The largest absolute Gasteiger partial charge is 0.356 e. The predicted octanol–water partition coefficient (Wildman–Crippen LogP) is 3.51. The van der Waals surface area contributed by atoms with Crippen LogP contribution in [0.25, 0.3) is 0 Å². The molecule has 0 aromatic heterocycles. The smallest absolute Gasteiger partial charge is 0.221 e. The highest BCUT2D eigenvalue weighted by molar-refractivity contribution is 6.30. The second kappa shape index (κ2) is 10.6. The Balaban J connectivity index is 2.19. The van der Waals surface area contributed by atoms with E-state index in [0.717, 1.165) is 43.9 Å². The van der Waals surface area contributed by atoms with E-state index < -0.39 is 0 Å². The summed E-state index contributed by atoms with van der Waals surface area (Å²) in [5.41, 5.74) is 1.19. The van der Waals surface area contributed by atoms with Gasteiger partial charge in [-0.25, -0.2) is 0 Å². The molecular formula is C17H27ClN2O. The minimum absolute atomic E-state index is 0.140. The normalized spacial score (nSPS) is 10.9. The van der Waals surface area contributed by atoms with E-state index in [1.807, 2.05) is 24.3 Å². The van der Waals surface area contributed by atoms with Gasteiger partial charge in [0.1, 0.15) is 0 Å². The Hall–Kier alpha value is -1.06. The molecule has 0 fully saturated rings. The average Bonchev–Trinajstić information content (AvgIpc) is 2.47. The van der Waals surface area contributed by atoms with Crippen LogP contribution >= 0.6 is 11.6 Å². The monoisotopic (exact) mass is 310 g/mol. The highest BCUT2D eigenvalue weighted by Gasteiger charge is 2.06. The number of hydrogen-bond donors (Lipinski definition) is 1. The van der Waals surface area contributed by atoms with Crippen molar-refractivity contribution in [2.75, 3.05) is 26.2 Å². The Morgan fingerprint density at radius 3 is 2.29 bits per heavy atom. The first-order valence-electron chi connectivity index (χ1n) is 7.89. The first kappa shape index (κ1) is 18.0. The zero-order chi connectivity index (χ0) is 15.5. The minimum Gasteiger partial charge on any atom is -0.356 e.